The van der Waals surface area contributed by atoms with Crippen LogP contribution in [0.15, 0.2) is 96.5 Å². The summed E-state index contributed by atoms with van der Waals surface area (Å²) in [5.41, 5.74) is 12.6. The van der Waals surface area contributed by atoms with Crippen LogP contribution >= 0.6 is 11.3 Å². The van der Waals surface area contributed by atoms with Gasteiger partial charge < -0.3 is 11.5 Å². The Morgan fingerprint density at radius 3 is 1.79 bits per heavy atom. The van der Waals surface area contributed by atoms with E-state index in [4.69, 9.17) is 5.41 Å². The molecule has 2 aromatic carbocycles. The minimum Gasteiger partial charge on any atom is -0.370 e. The third-order valence-corrected chi connectivity index (χ3v) is 3.97. The van der Waals surface area contributed by atoms with Gasteiger partial charge >= 0.3 is 0 Å². The molecule has 0 aliphatic carbocycles. The summed E-state index contributed by atoms with van der Waals surface area (Å²) >= 11 is 1.60. The van der Waals surface area contributed by atoms with Crippen LogP contribution in [0.5, 0.6) is 0 Å². The maximum Gasteiger partial charge on any atom is 0.183 e. The highest BCUT2D eigenvalue weighted by atomic mass is 32.1. The maximum absolute atomic E-state index is 6.06. The van der Waals surface area contributed by atoms with Crippen molar-refractivity contribution in [2.75, 3.05) is 0 Å². The highest BCUT2D eigenvalue weighted by Crippen LogP contribution is 2.09. The van der Waals surface area contributed by atoms with E-state index in [1.165, 1.54) is 10.8 Å². The van der Waals surface area contributed by atoms with E-state index >= 15 is 0 Å². The maximum atomic E-state index is 6.06. The van der Waals surface area contributed by atoms with Crippen molar-refractivity contribution < 1.29 is 0 Å². The van der Waals surface area contributed by atoms with Crippen LogP contribution in [0, 0.1) is 5.41 Å². The van der Waals surface area contributed by atoms with Gasteiger partial charge in [-0.05, 0) is 29.0 Å². The number of aromatic nitrogens is 8. The van der Waals surface area contributed by atoms with Crippen LogP contribution in [0.25, 0.3) is 21.8 Å². The number of aromatic amines is 2. The number of thiazole rings is 1. The second kappa shape index (κ2) is 15.1. The molecule has 0 amide bonds. The quantitative estimate of drug-likeness (QED) is 0.169. The molecule has 0 unspecified atom stereocenters. The van der Waals surface area contributed by atoms with E-state index in [1.807, 2.05) is 60.2 Å². The average Bonchev–Trinajstić information content (AvgIpc) is 3.64. The molecule has 6 aromatic rings. The molecule has 0 saturated heterocycles. The number of nitrogens with one attached hydrogen (secondary N) is 3. The second-order valence-corrected chi connectivity index (χ2v) is 6.58. The fourth-order valence-electron chi connectivity index (χ4n) is 2.16. The lowest BCUT2D eigenvalue weighted by atomic mass is 10.2. The number of pyridine rings is 1. The molecule has 11 nitrogen and oxygen atoms in total. The van der Waals surface area contributed by atoms with Gasteiger partial charge in [-0.3, -0.25) is 15.4 Å². The van der Waals surface area contributed by atoms with Gasteiger partial charge in [-0.15, -0.1) is 11.3 Å². The summed E-state index contributed by atoms with van der Waals surface area (Å²) in [5.74, 6) is -0.333. The van der Waals surface area contributed by atoms with Gasteiger partial charge in [-0.1, -0.05) is 36.4 Å². The van der Waals surface area contributed by atoms with E-state index in [0.717, 1.165) is 11.0 Å². The van der Waals surface area contributed by atoms with Gasteiger partial charge in [-0.25, -0.2) is 0 Å². The van der Waals surface area contributed by atoms with Gasteiger partial charge in [0, 0.05) is 24.0 Å². The minimum atomic E-state index is -0.333. The van der Waals surface area contributed by atoms with E-state index in [-0.39, 0.29) is 5.96 Å². The van der Waals surface area contributed by atoms with Crippen LogP contribution in [0.1, 0.15) is 0 Å². The topological polar surface area (TPSA) is 185 Å². The summed E-state index contributed by atoms with van der Waals surface area (Å²) < 4.78 is 0. The number of para-hydroxylation sites is 2. The molecule has 7 N–H and O–H groups in total. The van der Waals surface area contributed by atoms with E-state index in [1.54, 1.807) is 35.4 Å². The zero-order valence-corrected chi connectivity index (χ0v) is 18.3. The summed E-state index contributed by atoms with van der Waals surface area (Å²) in [6.45, 7) is 0. The van der Waals surface area contributed by atoms with Gasteiger partial charge in [-0.2, -0.15) is 30.8 Å². The predicted molar refractivity (Wildman–Crippen MR) is 130 cm³/mol. The Hall–Kier alpha value is -4.71. The Morgan fingerprint density at radius 1 is 0.727 bits per heavy atom. The van der Waals surface area contributed by atoms with E-state index < -0.39 is 0 Å². The van der Waals surface area contributed by atoms with Crippen molar-refractivity contribution in [1.29, 1.82) is 5.41 Å². The highest BCUT2D eigenvalue weighted by molar-refractivity contribution is 7.07. The van der Waals surface area contributed by atoms with Crippen molar-refractivity contribution in [3.63, 3.8) is 0 Å². The SMILES string of the molecule is N=C(N)N.c1ccc2cnccc2c1.c1ccc2n[nH]nc2c1.c1cn[nH]n1.c1cscn1. The van der Waals surface area contributed by atoms with Crippen LogP contribution in [-0.2, 0) is 0 Å². The van der Waals surface area contributed by atoms with Crippen molar-refractivity contribution in [2.24, 2.45) is 11.5 Å². The first-order valence-corrected chi connectivity index (χ1v) is 10.4. The molecule has 12 heteroatoms. The number of nitrogens with zero attached hydrogens (tertiary/aromatic N) is 6. The Bertz CT molecular complexity index is 1110. The molecular weight excluding hydrogens is 438 g/mol. The third-order valence-electron chi connectivity index (χ3n) is 3.45. The van der Waals surface area contributed by atoms with Gasteiger partial charge in [0.2, 0.25) is 0 Å². The Morgan fingerprint density at radius 2 is 1.33 bits per heavy atom. The van der Waals surface area contributed by atoms with Crippen LogP contribution in [-0.4, -0.2) is 46.7 Å². The minimum absolute atomic E-state index is 0.333. The number of rotatable bonds is 0. The monoisotopic (exact) mass is 461 g/mol. The molecule has 4 aromatic heterocycles. The predicted octanol–water partition coefficient (Wildman–Crippen LogP) is 2.98. The van der Waals surface area contributed by atoms with Crippen LogP contribution in [0.4, 0.5) is 0 Å². The first kappa shape index (κ1) is 24.6. The van der Waals surface area contributed by atoms with Crippen LogP contribution < -0.4 is 11.5 Å². The summed E-state index contributed by atoms with van der Waals surface area (Å²) in [4.78, 5) is 7.75. The number of hydrogen-bond acceptors (Lipinski definition) is 8. The molecule has 0 aliphatic rings. The van der Waals surface area contributed by atoms with Crippen molar-refractivity contribution in [3.05, 3.63) is 96.5 Å². The normalized spacial score (nSPS) is 8.97. The largest absolute Gasteiger partial charge is 0.370 e. The molecule has 168 valence electrons. The van der Waals surface area contributed by atoms with Gasteiger partial charge in [0.1, 0.15) is 11.0 Å². The molecule has 0 atom stereocenters. The number of hydrogen-bond donors (Lipinski definition) is 5. The van der Waals surface area contributed by atoms with E-state index in [2.05, 4.69) is 64.4 Å². The zero-order chi connectivity index (χ0) is 23.6. The van der Waals surface area contributed by atoms with Crippen LogP contribution in [0.2, 0.25) is 0 Å². The smallest absolute Gasteiger partial charge is 0.183 e. The Balaban J connectivity index is 0.000000154. The molecule has 0 fully saturated rings. The second-order valence-electron chi connectivity index (χ2n) is 5.82. The van der Waals surface area contributed by atoms with E-state index in [9.17, 15) is 0 Å². The molecule has 0 aliphatic heterocycles. The van der Waals surface area contributed by atoms with Gasteiger partial charge in [0.05, 0.1) is 17.9 Å². The first-order chi connectivity index (χ1) is 16.2. The molecule has 0 saturated carbocycles. The molecule has 0 bridgehead atoms. The number of H-pyrrole nitrogens is 2. The summed E-state index contributed by atoms with van der Waals surface area (Å²) in [6.07, 6.45) is 8.61. The summed E-state index contributed by atoms with van der Waals surface area (Å²) in [6, 6.07) is 17.9. The van der Waals surface area contributed by atoms with Crippen molar-refractivity contribution in [1.82, 2.24) is 40.8 Å². The number of benzene rings is 2. The molecule has 0 radical (unpaired) electrons. The highest BCUT2D eigenvalue weighted by Gasteiger charge is 1.90. The molecule has 33 heavy (non-hydrogen) atoms. The summed E-state index contributed by atoms with van der Waals surface area (Å²) in [5, 5.41) is 30.1. The van der Waals surface area contributed by atoms with Crippen molar-refractivity contribution in [2.45, 2.75) is 0 Å². The number of guanidine groups is 1. The number of fused-ring (bicyclic) bond motifs is 2. The first-order valence-electron chi connectivity index (χ1n) is 9.42. The van der Waals surface area contributed by atoms with E-state index in [0.29, 0.717) is 0 Å². The van der Waals surface area contributed by atoms with Gasteiger partial charge in [0.25, 0.3) is 0 Å². The third kappa shape index (κ3) is 10.8. The summed E-state index contributed by atoms with van der Waals surface area (Å²) in [7, 11) is 0. The average molecular weight is 462 g/mol. The zero-order valence-electron chi connectivity index (χ0n) is 17.5. The molecule has 0 spiro atoms. The molecular formula is C21H23N11S. The lowest BCUT2D eigenvalue weighted by Gasteiger charge is -1.91. The fraction of sp³-hybridized carbons (Fsp3) is 0. The lowest BCUT2D eigenvalue weighted by Crippen LogP contribution is -2.20. The van der Waals surface area contributed by atoms with Crippen LogP contribution in [0.3, 0.4) is 0 Å². The fourth-order valence-corrected chi connectivity index (χ4v) is 2.51. The molecule has 4 heterocycles. The standard InChI is InChI=1S/C9H7N.C6H5N3.C3H3NS.C2H3N3.CH5N3/c1-2-4-9-7-10-6-5-8(9)3-1;1-2-4-6-5(3-1)7-9-8-6;1-2-5-3-4-1;1-2-4-5-3-1;2-1(3)4/h1-7H;1-4H,(H,7,8,9);1-3H;1-2H,(H,3,4,5);(H5,2,3,4). The van der Waals surface area contributed by atoms with Gasteiger partial charge in [0.15, 0.2) is 5.96 Å². The Kier molecular flexibility index (Phi) is 11.3. The van der Waals surface area contributed by atoms with Crippen molar-refractivity contribution >= 4 is 39.1 Å². The van der Waals surface area contributed by atoms with Crippen molar-refractivity contribution in [3.8, 4) is 0 Å². The number of nitrogens with two attached hydrogens (primary N) is 2. The Labute approximate surface area is 193 Å². The molecule has 6 rings (SSSR count). The lowest BCUT2D eigenvalue weighted by molar-refractivity contribution is 0.940.